The van der Waals surface area contributed by atoms with Crippen molar-refractivity contribution < 1.29 is 9.59 Å². The van der Waals surface area contributed by atoms with Crippen LogP contribution in [0.3, 0.4) is 0 Å². The fraction of sp³-hybridized carbons (Fsp3) is 0.524. The first-order chi connectivity index (χ1) is 13.6. The first-order valence-electron chi connectivity index (χ1n) is 10.2. The lowest BCUT2D eigenvalue weighted by Gasteiger charge is -2.19. The molecule has 1 atom stereocenters. The molecule has 1 aliphatic carbocycles. The number of amides is 2. The van der Waals surface area contributed by atoms with Gasteiger partial charge in [-0.3, -0.25) is 9.59 Å². The molecule has 2 aromatic rings. The molecule has 1 aliphatic heterocycles. The van der Waals surface area contributed by atoms with E-state index in [2.05, 4.69) is 34.6 Å². The van der Waals surface area contributed by atoms with Crippen molar-refractivity contribution in [2.75, 3.05) is 16.8 Å². The summed E-state index contributed by atoms with van der Waals surface area (Å²) < 4.78 is 0. The van der Waals surface area contributed by atoms with Crippen molar-refractivity contribution in [1.29, 1.82) is 0 Å². The second-order valence-corrected chi connectivity index (χ2v) is 8.70. The lowest BCUT2D eigenvalue weighted by molar-refractivity contribution is -0.120. The Morgan fingerprint density at radius 1 is 1.18 bits per heavy atom. The van der Waals surface area contributed by atoms with E-state index in [1.165, 1.54) is 23.3 Å². The van der Waals surface area contributed by atoms with Gasteiger partial charge in [0.05, 0.1) is 0 Å². The highest BCUT2D eigenvalue weighted by atomic mass is 32.1. The van der Waals surface area contributed by atoms with Crippen LogP contribution in [0.1, 0.15) is 61.9 Å². The van der Waals surface area contributed by atoms with Gasteiger partial charge >= 0.3 is 0 Å². The van der Waals surface area contributed by atoms with E-state index in [4.69, 9.17) is 0 Å². The van der Waals surface area contributed by atoms with Crippen LogP contribution in [0, 0.1) is 5.92 Å². The van der Waals surface area contributed by atoms with Crippen LogP contribution in [-0.2, 0) is 16.0 Å². The fourth-order valence-corrected chi connectivity index (χ4v) is 4.89. The van der Waals surface area contributed by atoms with E-state index in [1.54, 1.807) is 0 Å². The van der Waals surface area contributed by atoms with Crippen molar-refractivity contribution in [2.24, 2.45) is 5.92 Å². The van der Waals surface area contributed by atoms with E-state index < -0.39 is 0 Å². The molecule has 148 valence electrons. The third-order valence-electron chi connectivity index (χ3n) is 5.78. The van der Waals surface area contributed by atoms with Crippen LogP contribution in [0.15, 0.2) is 24.3 Å². The molecule has 1 aromatic carbocycles. The summed E-state index contributed by atoms with van der Waals surface area (Å²) in [5, 5.41) is 12.7. The van der Waals surface area contributed by atoms with Crippen LogP contribution in [0.2, 0.25) is 0 Å². The summed E-state index contributed by atoms with van der Waals surface area (Å²) in [6, 6.07) is 8.16. The molecule has 0 radical (unpaired) electrons. The molecule has 1 N–H and O–H groups in total. The Labute approximate surface area is 169 Å². The highest BCUT2D eigenvalue weighted by molar-refractivity contribution is 7.15. The molecule has 4 rings (SSSR count). The number of carbonyl (C=O) groups excluding carboxylic acids is 2. The fourth-order valence-electron chi connectivity index (χ4n) is 4.06. The summed E-state index contributed by atoms with van der Waals surface area (Å²) in [5.74, 6) is 0.284. The van der Waals surface area contributed by atoms with Crippen LogP contribution in [0.4, 0.5) is 10.8 Å². The molecule has 2 heterocycles. The van der Waals surface area contributed by atoms with Gasteiger partial charge in [-0.15, -0.1) is 10.2 Å². The largest absolute Gasteiger partial charge is 0.312 e. The molecule has 1 aromatic heterocycles. The Kier molecular flexibility index (Phi) is 5.71. The summed E-state index contributed by atoms with van der Waals surface area (Å²) in [6.45, 7) is 2.72. The van der Waals surface area contributed by atoms with E-state index in [9.17, 15) is 9.59 Å². The van der Waals surface area contributed by atoms with Crippen LogP contribution >= 0.6 is 11.3 Å². The second kappa shape index (κ2) is 8.39. The lowest BCUT2D eigenvalue weighted by atomic mass is 9.89. The van der Waals surface area contributed by atoms with E-state index in [0.717, 1.165) is 42.8 Å². The average molecular weight is 399 g/mol. The zero-order valence-electron chi connectivity index (χ0n) is 16.2. The van der Waals surface area contributed by atoms with Crippen molar-refractivity contribution in [3.63, 3.8) is 0 Å². The maximum Gasteiger partial charge on any atom is 0.229 e. The van der Waals surface area contributed by atoms with E-state index in [-0.39, 0.29) is 23.7 Å². The Hall–Kier alpha value is -2.28. The zero-order chi connectivity index (χ0) is 19.5. The zero-order valence-corrected chi connectivity index (χ0v) is 17.0. The minimum atomic E-state index is 0.0242. The van der Waals surface area contributed by atoms with E-state index in [1.807, 2.05) is 17.0 Å². The number of carbonyl (C=O) groups is 2. The molecule has 2 amide bonds. The van der Waals surface area contributed by atoms with Gasteiger partial charge in [-0.2, -0.15) is 0 Å². The van der Waals surface area contributed by atoms with Crippen molar-refractivity contribution in [3.05, 3.63) is 34.8 Å². The summed E-state index contributed by atoms with van der Waals surface area (Å²) in [5.41, 5.74) is 2.19. The van der Waals surface area contributed by atoms with Gasteiger partial charge in [-0.1, -0.05) is 49.7 Å². The van der Waals surface area contributed by atoms with Crippen molar-refractivity contribution in [3.8, 4) is 0 Å². The van der Waals surface area contributed by atoms with Crippen LogP contribution in [-0.4, -0.2) is 28.6 Å². The maximum atomic E-state index is 12.5. The van der Waals surface area contributed by atoms with Crippen LogP contribution in [0.25, 0.3) is 0 Å². The minimum Gasteiger partial charge on any atom is -0.312 e. The third kappa shape index (κ3) is 4.09. The van der Waals surface area contributed by atoms with E-state index in [0.29, 0.717) is 18.1 Å². The Balaban J connectivity index is 1.39. The number of anilines is 2. The molecule has 2 fully saturated rings. The molecule has 1 saturated carbocycles. The second-order valence-electron chi connectivity index (χ2n) is 7.70. The van der Waals surface area contributed by atoms with Gasteiger partial charge in [0.2, 0.25) is 16.9 Å². The number of hydrogen-bond donors (Lipinski definition) is 1. The van der Waals surface area contributed by atoms with Gasteiger partial charge in [0.1, 0.15) is 5.01 Å². The topological polar surface area (TPSA) is 75.2 Å². The van der Waals surface area contributed by atoms with Crippen LogP contribution in [0.5, 0.6) is 0 Å². The Morgan fingerprint density at radius 2 is 1.93 bits per heavy atom. The number of aromatic nitrogens is 2. The number of nitrogens with one attached hydrogen (secondary N) is 1. The third-order valence-corrected chi connectivity index (χ3v) is 6.78. The Bertz CT molecular complexity index is 842. The molecular formula is C21H26N4O2S. The number of rotatable bonds is 5. The molecule has 28 heavy (non-hydrogen) atoms. The van der Waals surface area contributed by atoms with Gasteiger partial charge in [0.15, 0.2) is 0 Å². The highest BCUT2D eigenvalue weighted by Crippen LogP contribution is 2.34. The summed E-state index contributed by atoms with van der Waals surface area (Å²) in [7, 11) is 0. The molecule has 2 aliphatic rings. The monoisotopic (exact) mass is 398 g/mol. The number of aryl methyl sites for hydroxylation is 1. The van der Waals surface area contributed by atoms with Gasteiger partial charge in [-0.25, -0.2) is 0 Å². The van der Waals surface area contributed by atoms with Gasteiger partial charge in [0.25, 0.3) is 0 Å². The first-order valence-corrected chi connectivity index (χ1v) is 11.0. The normalized spacial score (nSPS) is 20.5. The van der Waals surface area contributed by atoms with Crippen LogP contribution < -0.4 is 10.2 Å². The SMILES string of the molecule is CCc1ccc(N2CC(c3nnc(NC(=O)C4CCCCC4)s3)CC2=O)cc1. The van der Waals surface area contributed by atoms with Crippen molar-refractivity contribution in [2.45, 2.75) is 57.8 Å². The summed E-state index contributed by atoms with van der Waals surface area (Å²) in [4.78, 5) is 26.7. The molecule has 6 nitrogen and oxygen atoms in total. The van der Waals surface area contributed by atoms with Gasteiger partial charge in [0, 0.05) is 30.5 Å². The van der Waals surface area contributed by atoms with E-state index >= 15 is 0 Å². The smallest absolute Gasteiger partial charge is 0.229 e. The standard InChI is InChI=1S/C21H26N4O2S/c1-2-14-8-10-17(11-9-14)25-13-16(12-18(25)26)20-23-24-21(28-20)22-19(27)15-6-4-3-5-7-15/h8-11,15-16H,2-7,12-13H2,1H3,(H,22,24,27). The lowest BCUT2D eigenvalue weighted by Crippen LogP contribution is -2.24. The molecule has 1 unspecified atom stereocenters. The van der Waals surface area contributed by atoms with Gasteiger partial charge < -0.3 is 10.2 Å². The number of benzene rings is 1. The van der Waals surface area contributed by atoms with Crippen molar-refractivity contribution in [1.82, 2.24) is 10.2 Å². The average Bonchev–Trinajstić information content (AvgIpc) is 3.35. The van der Waals surface area contributed by atoms with Crippen molar-refractivity contribution >= 4 is 34.0 Å². The molecule has 0 spiro atoms. The number of nitrogens with zero attached hydrogens (tertiary/aromatic N) is 3. The first kappa shape index (κ1) is 19.1. The quantitative estimate of drug-likeness (QED) is 0.821. The summed E-state index contributed by atoms with van der Waals surface area (Å²) in [6.07, 6.45) is 6.80. The molecular weight excluding hydrogens is 372 g/mol. The molecule has 0 bridgehead atoms. The Morgan fingerprint density at radius 3 is 2.64 bits per heavy atom. The molecule has 1 saturated heterocycles. The predicted molar refractivity (Wildman–Crippen MR) is 111 cm³/mol. The highest BCUT2D eigenvalue weighted by Gasteiger charge is 2.34. The molecule has 7 heteroatoms. The maximum absolute atomic E-state index is 12.5. The minimum absolute atomic E-state index is 0.0242. The summed E-state index contributed by atoms with van der Waals surface area (Å²) >= 11 is 1.39. The van der Waals surface area contributed by atoms with Gasteiger partial charge in [-0.05, 0) is 37.0 Å². The number of hydrogen-bond acceptors (Lipinski definition) is 5. The predicted octanol–water partition coefficient (Wildman–Crippen LogP) is 4.14.